The Kier molecular flexibility index (Phi) is 6.13. The Hall–Kier alpha value is -1.68. The molecule has 2 heterocycles. The number of hydrogen-bond acceptors (Lipinski definition) is 6. The molecule has 1 unspecified atom stereocenters. The molecule has 8 nitrogen and oxygen atoms in total. The van der Waals surface area contributed by atoms with Crippen LogP contribution >= 0.6 is 0 Å². The number of benzene rings is 1. The minimum atomic E-state index is -3.66. The molecule has 0 aliphatic carbocycles. The van der Waals surface area contributed by atoms with Gasteiger partial charge in [0, 0.05) is 25.3 Å². The van der Waals surface area contributed by atoms with Gasteiger partial charge in [-0.3, -0.25) is 4.79 Å². The van der Waals surface area contributed by atoms with Crippen LogP contribution < -0.4 is 15.4 Å². The predicted molar refractivity (Wildman–Crippen MR) is 96.8 cm³/mol. The second-order valence-electron chi connectivity index (χ2n) is 6.28. The molecule has 26 heavy (non-hydrogen) atoms. The van der Waals surface area contributed by atoms with Crippen LogP contribution in [0.3, 0.4) is 0 Å². The fraction of sp³-hybridized carbons (Fsp3) is 0.588. The van der Waals surface area contributed by atoms with E-state index in [1.165, 1.54) is 10.4 Å². The van der Waals surface area contributed by atoms with Crippen LogP contribution in [0.15, 0.2) is 23.1 Å². The van der Waals surface area contributed by atoms with Crippen LogP contribution in [0.25, 0.3) is 0 Å². The molecule has 2 aliphatic rings. The van der Waals surface area contributed by atoms with Crippen LogP contribution in [0.5, 0.6) is 5.75 Å². The second-order valence-corrected chi connectivity index (χ2v) is 8.18. The molecule has 1 atom stereocenters. The number of amides is 1. The fourth-order valence-electron chi connectivity index (χ4n) is 3.09. The summed E-state index contributed by atoms with van der Waals surface area (Å²) in [5.41, 5.74) is 0.420. The van der Waals surface area contributed by atoms with Gasteiger partial charge in [0.05, 0.1) is 19.8 Å². The largest absolute Gasteiger partial charge is 0.492 e. The maximum absolute atomic E-state index is 13.0. The quantitative estimate of drug-likeness (QED) is 0.754. The lowest BCUT2D eigenvalue weighted by molar-refractivity contribution is -0.120. The van der Waals surface area contributed by atoms with Crippen molar-refractivity contribution in [3.05, 3.63) is 18.2 Å². The van der Waals surface area contributed by atoms with E-state index in [1.54, 1.807) is 19.1 Å². The molecule has 2 saturated heterocycles. The van der Waals surface area contributed by atoms with Crippen LogP contribution in [0.4, 0.5) is 5.69 Å². The zero-order valence-electron chi connectivity index (χ0n) is 14.9. The van der Waals surface area contributed by atoms with E-state index in [1.807, 2.05) is 0 Å². The number of hydrogen-bond donors (Lipinski definition) is 2. The van der Waals surface area contributed by atoms with Gasteiger partial charge in [0.15, 0.2) is 0 Å². The normalized spacial score (nSPS) is 21.5. The topological polar surface area (TPSA) is 97.0 Å². The van der Waals surface area contributed by atoms with Crippen molar-refractivity contribution in [3.8, 4) is 5.75 Å². The molecular weight excluding hydrogens is 358 g/mol. The van der Waals surface area contributed by atoms with Crippen LogP contribution in [0, 0.1) is 0 Å². The summed E-state index contributed by atoms with van der Waals surface area (Å²) in [5, 5.41) is 5.84. The average molecular weight is 383 g/mol. The van der Waals surface area contributed by atoms with Gasteiger partial charge in [-0.05, 0) is 38.0 Å². The zero-order chi connectivity index (χ0) is 18.6. The maximum Gasteiger partial charge on any atom is 0.246 e. The maximum atomic E-state index is 13.0. The van der Waals surface area contributed by atoms with Crippen molar-refractivity contribution in [3.63, 3.8) is 0 Å². The highest BCUT2D eigenvalue weighted by Crippen LogP contribution is 2.31. The molecule has 2 N–H and O–H groups in total. The predicted octanol–water partition coefficient (Wildman–Crippen LogP) is 0.797. The first-order valence-electron chi connectivity index (χ1n) is 8.91. The number of morpholine rings is 1. The lowest BCUT2D eigenvalue weighted by Gasteiger charge is -2.23. The van der Waals surface area contributed by atoms with E-state index < -0.39 is 16.1 Å². The lowest BCUT2D eigenvalue weighted by atomic mass is 10.2. The van der Waals surface area contributed by atoms with Crippen molar-refractivity contribution in [1.82, 2.24) is 9.62 Å². The molecule has 3 rings (SSSR count). The molecule has 2 aliphatic heterocycles. The Morgan fingerprint density at radius 3 is 2.81 bits per heavy atom. The molecule has 0 bridgehead atoms. The van der Waals surface area contributed by atoms with Crippen molar-refractivity contribution in [2.24, 2.45) is 0 Å². The molecule has 144 valence electrons. The summed E-state index contributed by atoms with van der Waals surface area (Å²) >= 11 is 0. The summed E-state index contributed by atoms with van der Waals surface area (Å²) in [6.07, 6.45) is 1.71. The van der Waals surface area contributed by atoms with Gasteiger partial charge in [-0.25, -0.2) is 8.42 Å². The smallest absolute Gasteiger partial charge is 0.246 e. The number of anilines is 1. The van der Waals surface area contributed by atoms with E-state index in [0.29, 0.717) is 50.9 Å². The van der Waals surface area contributed by atoms with Crippen molar-refractivity contribution < 1.29 is 22.7 Å². The molecule has 9 heteroatoms. The van der Waals surface area contributed by atoms with Gasteiger partial charge in [0.25, 0.3) is 0 Å². The first-order chi connectivity index (χ1) is 12.5. The van der Waals surface area contributed by atoms with Crippen LogP contribution in [0.1, 0.15) is 19.8 Å². The number of rotatable bonds is 6. The van der Waals surface area contributed by atoms with Gasteiger partial charge in [0.1, 0.15) is 16.7 Å². The molecular formula is C17H25N3O5S. The summed E-state index contributed by atoms with van der Waals surface area (Å²) in [6, 6.07) is 4.26. The second kappa shape index (κ2) is 8.34. The van der Waals surface area contributed by atoms with Crippen LogP contribution in [-0.2, 0) is 19.6 Å². The Labute approximate surface area is 153 Å². The summed E-state index contributed by atoms with van der Waals surface area (Å²) < 4.78 is 38.2. The molecule has 0 spiro atoms. The Morgan fingerprint density at radius 1 is 1.38 bits per heavy atom. The summed E-state index contributed by atoms with van der Waals surface area (Å²) in [5.74, 6) is 0.0508. The van der Waals surface area contributed by atoms with Crippen LogP contribution in [-0.4, -0.2) is 64.1 Å². The summed E-state index contributed by atoms with van der Waals surface area (Å²) in [4.78, 5) is 12.4. The molecule has 1 aromatic carbocycles. The van der Waals surface area contributed by atoms with Crippen molar-refractivity contribution in [2.75, 3.05) is 44.8 Å². The Balaban J connectivity index is 1.85. The highest BCUT2D eigenvalue weighted by Gasteiger charge is 2.30. The van der Waals surface area contributed by atoms with E-state index in [9.17, 15) is 13.2 Å². The third kappa shape index (κ3) is 4.17. The fourth-order valence-corrected chi connectivity index (χ4v) is 4.77. The number of carbonyl (C=O) groups is 1. The summed E-state index contributed by atoms with van der Waals surface area (Å²) in [6.45, 7) is 4.65. The molecule has 0 radical (unpaired) electrons. The minimum Gasteiger partial charge on any atom is -0.492 e. The van der Waals surface area contributed by atoms with Crippen LogP contribution in [0.2, 0.25) is 0 Å². The molecule has 2 fully saturated rings. The standard InChI is InChI=1S/C17H25N3O5S/c1-2-25-15-6-5-13(19-17(21)14-12-24-10-7-18-14)11-16(15)26(22,23)20-8-3-4-9-20/h5-6,11,14,18H,2-4,7-10,12H2,1H3,(H,19,21). The van der Waals surface area contributed by atoms with E-state index in [-0.39, 0.29) is 10.8 Å². The number of carbonyl (C=O) groups excluding carboxylic acids is 1. The van der Waals surface area contributed by atoms with E-state index in [4.69, 9.17) is 9.47 Å². The van der Waals surface area contributed by atoms with Crippen molar-refractivity contribution in [2.45, 2.75) is 30.7 Å². The van der Waals surface area contributed by atoms with Crippen molar-refractivity contribution in [1.29, 1.82) is 0 Å². The number of ether oxygens (including phenoxy) is 2. The Morgan fingerprint density at radius 2 is 2.15 bits per heavy atom. The SMILES string of the molecule is CCOc1ccc(NC(=O)C2COCCN2)cc1S(=O)(=O)N1CCCC1. The molecule has 0 aromatic heterocycles. The number of nitrogens with one attached hydrogen (secondary N) is 2. The average Bonchev–Trinajstić information content (AvgIpc) is 3.19. The zero-order valence-corrected chi connectivity index (χ0v) is 15.7. The lowest BCUT2D eigenvalue weighted by Crippen LogP contribution is -2.48. The van der Waals surface area contributed by atoms with Gasteiger partial charge in [-0.1, -0.05) is 0 Å². The van der Waals surface area contributed by atoms with Crippen molar-refractivity contribution >= 4 is 21.6 Å². The third-order valence-electron chi connectivity index (χ3n) is 4.43. The minimum absolute atomic E-state index is 0.0897. The highest BCUT2D eigenvalue weighted by atomic mass is 32.2. The third-order valence-corrected chi connectivity index (χ3v) is 6.35. The molecule has 1 amide bonds. The van der Waals surface area contributed by atoms with Gasteiger partial charge in [-0.15, -0.1) is 0 Å². The number of nitrogens with zero attached hydrogens (tertiary/aromatic N) is 1. The monoisotopic (exact) mass is 383 g/mol. The van der Waals surface area contributed by atoms with Gasteiger partial charge in [0.2, 0.25) is 15.9 Å². The van der Waals surface area contributed by atoms with E-state index in [0.717, 1.165) is 12.8 Å². The first-order valence-corrected chi connectivity index (χ1v) is 10.4. The van der Waals surface area contributed by atoms with Gasteiger partial charge in [-0.2, -0.15) is 4.31 Å². The molecule has 1 aromatic rings. The van der Waals surface area contributed by atoms with E-state index >= 15 is 0 Å². The first kappa shape index (κ1) is 19.1. The Bertz CT molecular complexity index is 741. The van der Waals surface area contributed by atoms with E-state index in [2.05, 4.69) is 10.6 Å². The highest BCUT2D eigenvalue weighted by molar-refractivity contribution is 7.89. The summed E-state index contributed by atoms with van der Waals surface area (Å²) in [7, 11) is -3.66. The van der Waals surface area contributed by atoms with Gasteiger partial charge >= 0.3 is 0 Å². The van der Waals surface area contributed by atoms with Gasteiger partial charge < -0.3 is 20.1 Å². The molecule has 0 saturated carbocycles. The number of sulfonamides is 1.